The molecule has 0 radical (unpaired) electrons. The molecule has 3 aromatic rings. The maximum absolute atomic E-state index is 13.3. The van der Waals surface area contributed by atoms with Gasteiger partial charge in [-0.05, 0) is 71.2 Å². The number of carbonyl (C=O) groups is 1. The molecule has 0 saturated carbocycles. The van der Waals surface area contributed by atoms with Gasteiger partial charge in [-0.3, -0.25) is 9.88 Å². The molecule has 3 aliphatic rings. The van der Waals surface area contributed by atoms with Gasteiger partial charge in [0.25, 0.3) is 0 Å². The molecule has 1 aromatic heterocycles. The number of rotatable bonds is 3. The second kappa shape index (κ2) is 8.80. The summed E-state index contributed by atoms with van der Waals surface area (Å²) in [5.41, 5.74) is 5.11. The van der Waals surface area contributed by atoms with Crippen LogP contribution in [0.25, 0.3) is 16.7 Å². The van der Waals surface area contributed by atoms with Crippen LogP contribution in [0, 0.1) is 0 Å². The molecule has 2 aromatic carbocycles. The molecular formula is C29H25F3N2O2. The van der Waals surface area contributed by atoms with Crippen LogP contribution in [0.5, 0.6) is 0 Å². The van der Waals surface area contributed by atoms with E-state index in [1.54, 1.807) is 11.0 Å². The van der Waals surface area contributed by atoms with Crippen LogP contribution in [0.2, 0.25) is 0 Å². The van der Waals surface area contributed by atoms with Crippen LogP contribution >= 0.6 is 0 Å². The van der Waals surface area contributed by atoms with E-state index in [1.165, 1.54) is 17.3 Å². The summed E-state index contributed by atoms with van der Waals surface area (Å²) in [5, 5.41) is 0. The third-order valence-corrected chi connectivity index (χ3v) is 7.61. The summed E-state index contributed by atoms with van der Waals surface area (Å²) >= 11 is 0. The number of pyridine rings is 1. The number of aromatic nitrogens is 1. The number of hydrogen-bond acceptors (Lipinski definition) is 3. The Balaban J connectivity index is 1.22. The zero-order valence-corrected chi connectivity index (χ0v) is 19.5. The topological polar surface area (TPSA) is 42.4 Å². The Morgan fingerprint density at radius 1 is 1.00 bits per heavy atom. The minimum Gasteiger partial charge on any atom is -0.448 e. The van der Waals surface area contributed by atoms with Crippen LogP contribution in [0.3, 0.4) is 0 Å². The SMILES string of the molecule is O=C(OCC1c2ccccc2-c2ccccc21)N1C2C=C(c3ccnc(C(F)(F)F)c3)CC1CCC2. The summed E-state index contributed by atoms with van der Waals surface area (Å²) < 4.78 is 45.5. The van der Waals surface area contributed by atoms with Crippen LogP contribution in [0.15, 0.2) is 72.9 Å². The monoisotopic (exact) mass is 490 g/mol. The smallest absolute Gasteiger partial charge is 0.433 e. The summed E-state index contributed by atoms with van der Waals surface area (Å²) in [6.45, 7) is 0.249. The molecule has 36 heavy (non-hydrogen) atoms. The van der Waals surface area contributed by atoms with Crippen LogP contribution in [-0.4, -0.2) is 34.7 Å². The lowest BCUT2D eigenvalue weighted by Gasteiger charge is -2.44. The first kappa shape index (κ1) is 22.8. The number of fused-ring (bicyclic) bond motifs is 5. The zero-order chi connectivity index (χ0) is 24.9. The molecule has 0 spiro atoms. The Kier molecular flexibility index (Phi) is 5.58. The largest absolute Gasteiger partial charge is 0.448 e. The molecule has 6 rings (SSSR count). The van der Waals surface area contributed by atoms with Crippen LogP contribution in [-0.2, 0) is 10.9 Å². The van der Waals surface area contributed by atoms with Gasteiger partial charge in [0.1, 0.15) is 12.3 Å². The fourth-order valence-corrected chi connectivity index (χ4v) is 5.98. The number of alkyl halides is 3. The molecule has 7 heteroatoms. The Morgan fingerprint density at radius 3 is 2.36 bits per heavy atom. The number of piperidine rings is 1. The van der Waals surface area contributed by atoms with E-state index >= 15 is 0 Å². The average molecular weight is 491 g/mol. The lowest BCUT2D eigenvalue weighted by Crippen LogP contribution is -2.51. The van der Waals surface area contributed by atoms with Crippen molar-refractivity contribution in [3.8, 4) is 11.1 Å². The second-order valence-electron chi connectivity index (χ2n) is 9.69. The van der Waals surface area contributed by atoms with Crippen LogP contribution in [0.4, 0.5) is 18.0 Å². The molecule has 4 nitrogen and oxygen atoms in total. The van der Waals surface area contributed by atoms with Crippen molar-refractivity contribution >= 4 is 11.7 Å². The number of halogens is 3. The Bertz CT molecular complexity index is 1300. The van der Waals surface area contributed by atoms with Gasteiger partial charge in [-0.25, -0.2) is 4.79 Å². The van der Waals surface area contributed by atoms with Gasteiger partial charge in [-0.1, -0.05) is 54.6 Å². The average Bonchev–Trinajstić information content (AvgIpc) is 3.20. The van der Waals surface area contributed by atoms with Crippen molar-refractivity contribution in [3.63, 3.8) is 0 Å². The normalized spacial score (nSPS) is 21.0. The van der Waals surface area contributed by atoms with Gasteiger partial charge in [0, 0.05) is 18.2 Å². The number of hydrogen-bond donors (Lipinski definition) is 0. The van der Waals surface area contributed by atoms with E-state index in [-0.39, 0.29) is 30.7 Å². The predicted molar refractivity (Wildman–Crippen MR) is 130 cm³/mol. The van der Waals surface area contributed by atoms with E-state index in [0.717, 1.165) is 42.0 Å². The molecule has 2 unspecified atom stereocenters. The number of benzene rings is 2. The van der Waals surface area contributed by atoms with Gasteiger partial charge in [0.05, 0.1) is 6.04 Å². The number of carbonyl (C=O) groups excluding carboxylic acids is 1. The standard InChI is InChI=1S/C29H25F3N2O2/c30-29(31,32)27-16-18(12-13-33-27)19-14-20-6-5-7-21(15-19)34(20)28(35)36-17-26-24-10-3-1-8-22(24)23-9-2-4-11-25(23)26/h1-4,8-14,16,20-21,26H,5-7,15,17H2. The highest BCUT2D eigenvalue weighted by atomic mass is 19.4. The highest BCUT2D eigenvalue weighted by Crippen LogP contribution is 2.45. The Morgan fingerprint density at radius 2 is 1.69 bits per heavy atom. The molecule has 0 N–H and O–H groups in total. The first-order valence-corrected chi connectivity index (χ1v) is 12.3. The molecule has 1 aliphatic carbocycles. The van der Waals surface area contributed by atoms with Crippen molar-refractivity contribution in [1.29, 1.82) is 0 Å². The van der Waals surface area contributed by atoms with Gasteiger partial charge in [0.2, 0.25) is 0 Å². The van der Waals surface area contributed by atoms with E-state index in [4.69, 9.17) is 4.74 Å². The zero-order valence-electron chi connectivity index (χ0n) is 19.5. The molecule has 2 aliphatic heterocycles. The first-order valence-electron chi connectivity index (χ1n) is 12.3. The van der Waals surface area contributed by atoms with Gasteiger partial charge in [0.15, 0.2) is 0 Å². The van der Waals surface area contributed by atoms with E-state index in [1.807, 2.05) is 30.3 Å². The lowest BCUT2D eigenvalue weighted by molar-refractivity contribution is -0.141. The molecule has 1 saturated heterocycles. The molecule has 2 atom stereocenters. The summed E-state index contributed by atoms with van der Waals surface area (Å²) in [6.07, 6.45) is 1.33. The van der Waals surface area contributed by atoms with Crippen molar-refractivity contribution in [2.24, 2.45) is 0 Å². The highest BCUT2D eigenvalue weighted by molar-refractivity contribution is 5.79. The number of ether oxygens (including phenoxy) is 1. The predicted octanol–water partition coefficient (Wildman–Crippen LogP) is 7.06. The fraction of sp³-hybridized carbons (Fsp3) is 0.310. The van der Waals surface area contributed by atoms with Gasteiger partial charge >= 0.3 is 12.3 Å². The quantitative estimate of drug-likeness (QED) is 0.395. The van der Waals surface area contributed by atoms with Crippen molar-refractivity contribution < 1.29 is 22.7 Å². The third kappa shape index (κ3) is 3.96. The van der Waals surface area contributed by atoms with Gasteiger partial charge < -0.3 is 4.74 Å². The maximum atomic E-state index is 13.3. The molecule has 1 amide bonds. The number of nitrogens with zero attached hydrogens (tertiary/aromatic N) is 2. The van der Waals surface area contributed by atoms with E-state index in [9.17, 15) is 18.0 Å². The van der Waals surface area contributed by atoms with Crippen molar-refractivity contribution in [2.75, 3.05) is 6.61 Å². The van der Waals surface area contributed by atoms with Crippen LogP contribution < -0.4 is 0 Å². The minimum absolute atomic E-state index is 0.0188. The summed E-state index contributed by atoms with van der Waals surface area (Å²) in [4.78, 5) is 18.6. The molecule has 3 heterocycles. The van der Waals surface area contributed by atoms with Crippen molar-refractivity contribution in [3.05, 3.63) is 95.3 Å². The highest BCUT2D eigenvalue weighted by Gasteiger charge is 2.40. The fourth-order valence-electron chi connectivity index (χ4n) is 5.98. The Hall–Kier alpha value is -3.61. The van der Waals surface area contributed by atoms with E-state index < -0.39 is 11.9 Å². The van der Waals surface area contributed by atoms with Crippen LogP contribution in [0.1, 0.15) is 54.0 Å². The lowest BCUT2D eigenvalue weighted by atomic mass is 9.83. The van der Waals surface area contributed by atoms with Gasteiger partial charge in [-0.2, -0.15) is 13.2 Å². The molecular weight excluding hydrogens is 465 g/mol. The summed E-state index contributed by atoms with van der Waals surface area (Å²) in [5.74, 6) is -0.0188. The first-order chi connectivity index (χ1) is 17.4. The maximum Gasteiger partial charge on any atom is 0.433 e. The second-order valence-corrected chi connectivity index (χ2v) is 9.69. The van der Waals surface area contributed by atoms with Gasteiger partial charge in [-0.15, -0.1) is 0 Å². The minimum atomic E-state index is -4.49. The summed E-state index contributed by atoms with van der Waals surface area (Å²) in [6, 6.07) is 18.8. The van der Waals surface area contributed by atoms with E-state index in [0.29, 0.717) is 12.0 Å². The molecule has 2 bridgehead atoms. The Labute approximate surface area is 207 Å². The van der Waals surface area contributed by atoms with Crippen molar-refractivity contribution in [1.82, 2.24) is 9.88 Å². The molecule has 184 valence electrons. The third-order valence-electron chi connectivity index (χ3n) is 7.61. The summed E-state index contributed by atoms with van der Waals surface area (Å²) in [7, 11) is 0. The number of amides is 1. The van der Waals surface area contributed by atoms with Crippen molar-refractivity contribution in [2.45, 2.75) is 49.9 Å². The van der Waals surface area contributed by atoms with E-state index in [2.05, 4.69) is 29.2 Å². The molecule has 1 fully saturated rings.